The zero-order valence-corrected chi connectivity index (χ0v) is 15.7. The first-order valence-corrected chi connectivity index (χ1v) is 10.5. The number of nitrogens with one attached hydrogen (secondary N) is 1. The summed E-state index contributed by atoms with van der Waals surface area (Å²) in [5.74, 6) is 0.789. The number of ether oxygens (including phenoxy) is 1. The molecule has 1 aromatic rings. The van der Waals surface area contributed by atoms with E-state index in [-0.39, 0.29) is 5.91 Å². The van der Waals surface area contributed by atoms with Crippen molar-refractivity contribution in [3.8, 4) is 5.75 Å². The minimum Gasteiger partial charge on any atom is -0.497 e. The number of methoxy groups -OCH3 is 1. The predicted molar refractivity (Wildman–Crippen MR) is 95.2 cm³/mol. The molecular weight excluding hydrogens is 310 g/mol. The van der Waals surface area contributed by atoms with Gasteiger partial charge in [-0.05, 0) is 56.6 Å². The molecule has 0 saturated carbocycles. The lowest BCUT2D eigenvalue weighted by atomic mass is 10.2. The molecule has 0 radical (unpaired) electrons. The standard InChI is InChI=1S/C17H29NO4Si/c1-5-21-23(7-3,22-6-2)14-8-9-17(19)18-15-10-12-16(20-4)13-11-15/h10-13H,5-9,14H2,1-4H3,(H,18,19). The first kappa shape index (κ1) is 19.7. The highest BCUT2D eigenvalue weighted by Crippen LogP contribution is 2.22. The Morgan fingerprint density at radius 2 is 1.70 bits per heavy atom. The van der Waals surface area contributed by atoms with Crippen molar-refractivity contribution < 1.29 is 18.4 Å². The Balaban J connectivity index is 2.44. The Bertz CT molecular complexity index is 458. The second-order valence-corrected chi connectivity index (χ2v) is 8.87. The fourth-order valence-electron chi connectivity index (χ4n) is 2.51. The largest absolute Gasteiger partial charge is 0.497 e. The van der Waals surface area contributed by atoms with E-state index in [0.717, 1.165) is 29.9 Å². The van der Waals surface area contributed by atoms with Crippen molar-refractivity contribution in [2.45, 2.75) is 45.7 Å². The second-order valence-electron chi connectivity index (χ2n) is 5.26. The van der Waals surface area contributed by atoms with Gasteiger partial charge >= 0.3 is 8.56 Å². The molecule has 23 heavy (non-hydrogen) atoms. The van der Waals surface area contributed by atoms with Gasteiger partial charge in [-0.25, -0.2) is 0 Å². The molecule has 0 aromatic heterocycles. The van der Waals surface area contributed by atoms with Crippen LogP contribution in [0.2, 0.25) is 12.1 Å². The van der Waals surface area contributed by atoms with Gasteiger partial charge in [-0.15, -0.1) is 0 Å². The van der Waals surface area contributed by atoms with E-state index in [1.54, 1.807) is 7.11 Å². The predicted octanol–water partition coefficient (Wildman–Crippen LogP) is 3.95. The first-order valence-electron chi connectivity index (χ1n) is 8.31. The van der Waals surface area contributed by atoms with Crippen molar-refractivity contribution in [1.82, 2.24) is 0 Å². The average Bonchev–Trinajstić information content (AvgIpc) is 2.56. The lowest BCUT2D eigenvalue weighted by Crippen LogP contribution is -2.41. The maximum absolute atomic E-state index is 12.0. The van der Waals surface area contributed by atoms with Crippen molar-refractivity contribution in [3.63, 3.8) is 0 Å². The summed E-state index contributed by atoms with van der Waals surface area (Å²) in [6, 6.07) is 9.09. The van der Waals surface area contributed by atoms with Gasteiger partial charge in [0.1, 0.15) is 5.75 Å². The normalized spacial score (nSPS) is 11.3. The maximum atomic E-state index is 12.0. The van der Waals surface area contributed by atoms with Crippen LogP contribution < -0.4 is 10.1 Å². The zero-order chi connectivity index (χ0) is 17.1. The van der Waals surface area contributed by atoms with Gasteiger partial charge < -0.3 is 18.9 Å². The van der Waals surface area contributed by atoms with Crippen LogP contribution in [-0.2, 0) is 13.6 Å². The van der Waals surface area contributed by atoms with Gasteiger partial charge in [0.05, 0.1) is 7.11 Å². The Kier molecular flexibility index (Phi) is 8.90. The Morgan fingerprint density at radius 3 is 2.17 bits per heavy atom. The lowest BCUT2D eigenvalue weighted by Gasteiger charge is -2.28. The molecule has 0 aliphatic heterocycles. The van der Waals surface area contributed by atoms with E-state index in [1.165, 1.54) is 0 Å². The number of benzene rings is 1. The van der Waals surface area contributed by atoms with Crippen LogP contribution in [0.25, 0.3) is 0 Å². The molecule has 1 amide bonds. The van der Waals surface area contributed by atoms with Gasteiger partial charge in [0.25, 0.3) is 0 Å². The number of carbonyl (C=O) groups is 1. The van der Waals surface area contributed by atoms with Gasteiger partial charge in [-0.2, -0.15) is 0 Å². The van der Waals surface area contributed by atoms with Crippen LogP contribution in [0.1, 0.15) is 33.6 Å². The Morgan fingerprint density at radius 1 is 1.09 bits per heavy atom. The van der Waals surface area contributed by atoms with Crippen LogP contribution in [-0.4, -0.2) is 34.8 Å². The van der Waals surface area contributed by atoms with Gasteiger partial charge in [-0.1, -0.05) is 6.92 Å². The van der Waals surface area contributed by atoms with Crippen molar-refractivity contribution >= 4 is 20.2 Å². The fraction of sp³-hybridized carbons (Fsp3) is 0.588. The van der Waals surface area contributed by atoms with Gasteiger partial charge in [0.2, 0.25) is 5.91 Å². The summed E-state index contributed by atoms with van der Waals surface area (Å²) in [6.45, 7) is 7.42. The van der Waals surface area contributed by atoms with E-state index in [4.69, 9.17) is 13.6 Å². The van der Waals surface area contributed by atoms with Crippen molar-refractivity contribution in [1.29, 1.82) is 0 Å². The first-order chi connectivity index (χ1) is 11.1. The van der Waals surface area contributed by atoms with Crippen molar-refractivity contribution in [2.75, 3.05) is 25.6 Å². The van der Waals surface area contributed by atoms with Crippen LogP contribution in [0.3, 0.4) is 0 Å². The monoisotopic (exact) mass is 339 g/mol. The summed E-state index contributed by atoms with van der Waals surface area (Å²) in [4.78, 5) is 12.0. The molecule has 0 bridgehead atoms. The summed E-state index contributed by atoms with van der Waals surface area (Å²) in [5.41, 5.74) is 0.782. The highest BCUT2D eigenvalue weighted by atomic mass is 28.4. The lowest BCUT2D eigenvalue weighted by molar-refractivity contribution is -0.116. The molecule has 0 spiro atoms. The Hall–Kier alpha value is -1.37. The third kappa shape index (κ3) is 6.72. The highest BCUT2D eigenvalue weighted by molar-refractivity contribution is 6.67. The Labute approximate surface area is 140 Å². The summed E-state index contributed by atoms with van der Waals surface area (Å²) in [6.07, 6.45) is 1.25. The molecule has 1 rings (SSSR count). The number of hydrogen-bond acceptors (Lipinski definition) is 4. The molecule has 0 heterocycles. The molecule has 0 unspecified atom stereocenters. The molecular formula is C17H29NO4Si. The molecule has 6 heteroatoms. The van der Waals surface area contributed by atoms with E-state index < -0.39 is 8.56 Å². The third-order valence-corrected chi connectivity index (χ3v) is 7.51. The van der Waals surface area contributed by atoms with Crippen molar-refractivity contribution in [2.24, 2.45) is 0 Å². The van der Waals surface area contributed by atoms with Crippen LogP contribution >= 0.6 is 0 Å². The molecule has 1 aromatic carbocycles. The van der Waals surface area contributed by atoms with Crippen LogP contribution in [0, 0.1) is 0 Å². The van der Waals surface area contributed by atoms with Crippen LogP contribution in [0.15, 0.2) is 24.3 Å². The average molecular weight is 340 g/mol. The SMILES string of the molecule is CCO[Si](CC)(CCCC(=O)Nc1ccc(OC)cc1)OCC. The molecule has 130 valence electrons. The molecule has 5 nitrogen and oxygen atoms in total. The number of anilines is 1. The summed E-state index contributed by atoms with van der Waals surface area (Å²) in [5, 5.41) is 2.90. The smallest absolute Gasteiger partial charge is 0.337 e. The summed E-state index contributed by atoms with van der Waals surface area (Å²) in [7, 11) is -0.518. The minimum atomic E-state index is -2.14. The topological polar surface area (TPSA) is 56.8 Å². The van der Waals surface area contributed by atoms with Crippen LogP contribution in [0.4, 0.5) is 5.69 Å². The highest BCUT2D eigenvalue weighted by Gasteiger charge is 2.34. The molecule has 1 N–H and O–H groups in total. The molecule has 0 saturated heterocycles. The second kappa shape index (κ2) is 10.4. The van der Waals surface area contributed by atoms with E-state index in [2.05, 4.69) is 12.2 Å². The van der Waals surface area contributed by atoms with Gasteiger partial charge in [-0.3, -0.25) is 4.79 Å². The number of rotatable bonds is 11. The quantitative estimate of drug-likeness (QED) is 0.620. The fourth-order valence-corrected chi connectivity index (χ4v) is 5.41. The third-order valence-electron chi connectivity index (χ3n) is 3.69. The van der Waals surface area contributed by atoms with Gasteiger partial charge in [0, 0.05) is 25.3 Å². The van der Waals surface area contributed by atoms with E-state index in [1.807, 2.05) is 38.1 Å². The number of hydrogen-bond donors (Lipinski definition) is 1. The van der Waals surface area contributed by atoms with Gasteiger partial charge in [0.15, 0.2) is 0 Å². The number of carbonyl (C=O) groups excluding carboxylic acids is 1. The van der Waals surface area contributed by atoms with Crippen LogP contribution in [0.5, 0.6) is 5.75 Å². The molecule has 0 aliphatic rings. The van der Waals surface area contributed by atoms with E-state index >= 15 is 0 Å². The maximum Gasteiger partial charge on any atom is 0.337 e. The molecule has 0 fully saturated rings. The summed E-state index contributed by atoms with van der Waals surface area (Å²) < 4.78 is 16.9. The molecule has 0 atom stereocenters. The van der Waals surface area contributed by atoms with E-state index in [9.17, 15) is 4.79 Å². The zero-order valence-electron chi connectivity index (χ0n) is 14.7. The summed E-state index contributed by atoms with van der Waals surface area (Å²) >= 11 is 0. The van der Waals surface area contributed by atoms with E-state index in [0.29, 0.717) is 19.6 Å². The van der Waals surface area contributed by atoms with Crippen molar-refractivity contribution in [3.05, 3.63) is 24.3 Å². The number of amides is 1. The molecule has 0 aliphatic carbocycles. The minimum absolute atomic E-state index is 0.0159.